The summed E-state index contributed by atoms with van der Waals surface area (Å²) >= 11 is 0. The molecule has 2 aromatic carbocycles. The smallest absolute Gasteiger partial charge is 0.248 e. The molecule has 1 heterocycles. The van der Waals surface area contributed by atoms with Crippen molar-refractivity contribution in [3.63, 3.8) is 0 Å². The molecule has 0 saturated carbocycles. The van der Waals surface area contributed by atoms with Crippen LogP contribution in [-0.4, -0.2) is 68.6 Å². The summed E-state index contributed by atoms with van der Waals surface area (Å²) in [6, 6.07) is 13.2. The number of benzene rings is 2. The summed E-state index contributed by atoms with van der Waals surface area (Å²) in [5.41, 5.74) is 7.98. The van der Waals surface area contributed by atoms with Crippen molar-refractivity contribution in [2.24, 2.45) is 10.7 Å². The quantitative estimate of drug-likeness (QED) is 0.290. The number of rotatable bonds is 8. The number of methoxy groups -OCH3 is 2. The molecule has 2 aromatic rings. The Hall–Kier alpha value is -2.53. The van der Waals surface area contributed by atoms with E-state index in [9.17, 15) is 4.79 Å². The van der Waals surface area contributed by atoms with E-state index in [2.05, 4.69) is 22.0 Å². The van der Waals surface area contributed by atoms with Crippen LogP contribution in [0.25, 0.3) is 0 Å². The van der Waals surface area contributed by atoms with Gasteiger partial charge in [-0.2, -0.15) is 0 Å². The second kappa shape index (κ2) is 13.2. The van der Waals surface area contributed by atoms with E-state index in [1.54, 1.807) is 26.4 Å². The Kier molecular flexibility index (Phi) is 10.7. The third-order valence-corrected chi connectivity index (χ3v) is 5.54. The molecule has 0 aliphatic carbocycles. The average molecular weight is 567 g/mol. The fraction of sp³-hybridized carbons (Fsp3) is 0.417. The van der Waals surface area contributed by atoms with Crippen molar-refractivity contribution in [1.29, 1.82) is 0 Å². The monoisotopic (exact) mass is 567 g/mol. The average Bonchev–Trinajstić information content (AvgIpc) is 2.82. The second-order valence-electron chi connectivity index (χ2n) is 7.67. The highest BCUT2D eigenvalue weighted by Gasteiger charge is 2.21. The Labute approximate surface area is 213 Å². The van der Waals surface area contributed by atoms with Crippen LogP contribution in [-0.2, 0) is 13.1 Å². The molecule has 1 aliphatic heterocycles. The Balaban J connectivity index is 0.00000385. The number of primary amides is 1. The minimum Gasteiger partial charge on any atom is -0.497 e. The number of nitrogens with zero attached hydrogens (tertiary/aromatic N) is 3. The van der Waals surface area contributed by atoms with Gasteiger partial charge in [0, 0.05) is 50.4 Å². The summed E-state index contributed by atoms with van der Waals surface area (Å²) < 4.78 is 10.9. The molecule has 9 heteroatoms. The van der Waals surface area contributed by atoms with Crippen LogP contribution in [0.3, 0.4) is 0 Å². The number of hydrogen-bond donors (Lipinski definition) is 2. The van der Waals surface area contributed by atoms with Crippen LogP contribution in [0, 0.1) is 0 Å². The summed E-state index contributed by atoms with van der Waals surface area (Å²) in [6.45, 7) is 7.87. The van der Waals surface area contributed by atoms with Crippen molar-refractivity contribution >= 4 is 35.8 Å². The van der Waals surface area contributed by atoms with Crippen LogP contribution in [0.2, 0.25) is 0 Å². The van der Waals surface area contributed by atoms with Crippen molar-refractivity contribution < 1.29 is 14.3 Å². The lowest BCUT2D eigenvalue weighted by Crippen LogP contribution is -2.52. The van der Waals surface area contributed by atoms with Gasteiger partial charge in [-0.05, 0) is 42.8 Å². The molecule has 180 valence electrons. The minimum atomic E-state index is -0.419. The number of piperazine rings is 1. The molecule has 0 radical (unpaired) electrons. The van der Waals surface area contributed by atoms with Gasteiger partial charge in [-0.25, -0.2) is 4.99 Å². The van der Waals surface area contributed by atoms with Gasteiger partial charge >= 0.3 is 0 Å². The molecule has 0 aromatic heterocycles. The van der Waals surface area contributed by atoms with Gasteiger partial charge in [0.2, 0.25) is 5.91 Å². The third-order valence-electron chi connectivity index (χ3n) is 5.54. The van der Waals surface area contributed by atoms with Gasteiger partial charge in [0.25, 0.3) is 0 Å². The molecule has 0 bridgehead atoms. The van der Waals surface area contributed by atoms with Crippen LogP contribution >= 0.6 is 24.0 Å². The number of aliphatic imine (C=N–C) groups is 1. The van der Waals surface area contributed by atoms with Crippen molar-refractivity contribution in [2.75, 3.05) is 46.9 Å². The van der Waals surface area contributed by atoms with E-state index in [0.29, 0.717) is 12.1 Å². The largest absolute Gasteiger partial charge is 0.497 e. The van der Waals surface area contributed by atoms with E-state index < -0.39 is 5.91 Å². The van der Waals surface area contributed by atoms with E-state index in [1.807, 2.05) is 30.3 Å². The molecule has 3 N–H and O–H groups in total. The van der Waals surface area contributed by atoms with Crippen LogP contribution in [0.4, 0.5) is 0 Å². The van der Waals surface area contributed by atoms with Gasteiger partial charge in [0.1, 0.15) is 11.5 Å². The van der Waals surface area contributed by atoms with Crippen molar-refractivity contribution in [3.8, 4) is 11.5 Å². The minimum absolute atomic E-state index is 0. The number of halogens is 1. The highest BCUT2D eigenvalue weighted by atomic mass is 127. The molecule has 1 aliphatic rings. The van der Waals surface area contributed by atoms with Crippen molar-refractivity contribution in [1.82, 2.24) is 15.1 Å². The van der Waals surface area contributed by atoms with E-state index >= 15 is 0 Å². The molecule has 33 heavy (non-hydrogen) atoms. The topological polar surface area (TPSA) is 92.4 Å². The Morgan fingerprint density at radius 2 is 1.76 bits per heavy atom. The van der Waals surface area contributed by atoms with Crippen molar-refractivity contribution in [3.05, 3.63) is 59.2 Å². The van der Waals surface area contributed by atoms with E-state index in [4.69, 9.17) is 20.2 Å². The number of carbonyl (C=O) groups excluding carboxylic acids is 1. The van der Waals surface area contributed by atoms with Gasteiger partial charge in [-0.15, -0.1) is 24.0 Å². The van der Waals surface area contributed by atoms with E-state index in [0.717, 1.165) is 67.9 Å². The molecule has 1 amide bonds. The molecule has 0 atom stereocenters. The number of carbonyl (C=O) groups is 1. The lowest BCUT2D eigenvalue weighted by atomic mass is 10.1. The molecule has 1 saturated heterocycles. The Bertz CT molecular complexity index is 928. The number of hydrogen-bond acceptors (Lipinski definition) is 5. The highest BCUT2D eigenvalue weighted by molar-refractivity contribution is 14.0. The van der Waals surface area contributed by atoms with Gasteiger partial charge in [0.05, 0.1) is 20.8 Å². The Morgan fingerprint density at radius 1 is 1.06 bits per heavy atom. The van der Waals surface area contributed by atoms with Crippen LogP contribution in [0.5, 0.6) is 11.5 Å². The normalized spacial score (nSPS) is 14.4. The molecular weight excluding hydrogens is 533 g/mol. The number of nitrogens with two attached hydrogens (primary N) is 1. The molecule has 0 spiro atoms. The number of nitrogens with one attached hydrogen (secondary N) is 1. The molecule has 8 nitrogen and oxygen atoms in total. The fourth-order valence-electron chi connectivity index (χ4n) is 3.73. The maximum absolute atomic E-state index is 11.2. The SMILES string of the molecule is CCNC(=NCc1ccc(C(N)=O)cc1)N1CCN(Cc2cc(OC)ccc2OC)CC1.I. The maximum atomic E-state index is 11.2. The zero-order valence-corrected chi connectivity index (χ0v) is 21.9. The maximum Gasteiger partial charge on any atom is 0.248 e. The van der Waals surface area contributed by atoms with Gasteiger partial charge in [-0.1, -0.05) is 12.1 Å². The first-order valence-corrected chi connectivity index (χ1v) is 10.9. The van der Waals surface area contributed by atoms with Crippen LogP contribution in [0.1, 0.15) is 28.4 Å². The zero-order valence-electron chi connectivity index (χ0n) is 19.5. The van der Waals surface area contributed by atoms with Crippen LogP contribution in [0.15, 0.2) is 47.5 Å². The molecular formula is C24H34IN5O3. The third kappa shape index (κ3) is 7.50. The summed E-state index contributed by atoms with van der Waals surface area (Å²) in [5.74, 6) is 2.21. The predicted octanol–water partition coefficient (Wildman–Crippen LogP) is 2.70. The predicted molar refractivity (Wildman–Crippen MR) is 142 cm³/mol. The van der Waals surface area contributed by atoms with Gasteiger partial charge in [0.15, 0.2) is 5.96 Å². The van der Waals surface area contributed by atoms with Gasteiger partial charge < -0.3 is 25.4 Å². The molecule has 1 fully saturated rings. The number of amides is 1. The number of ether oxygens (including phenoxy) is 2. The van der Waals surface area contributed by atoms with E-state index in [-0.39, 0.29) is 24.0 Å². The summed E-state index contributed by atoms with van der Waals surface area (Å²) in [6.07, 6.45) is 0. The first kappa shape index (κ1) is 26.7. The van der Waals surface area contributed by atoms with Gasteiger partial charge in [-0.3, -0.25) is 9.69 Å². The summed E-state index contributed by atoms with van der Waals surface area (Å²) in [4.78, 5) is 20.8. The van der Waals surface area contributed by atoms with E-state index in [1.165, 1.54) is 0 Å². The molecule has 0 unspecified atom stereocenters. The summed E-state index contributed by atoms with van der Waals surface area (Å²) in [5, 5.41) is 3.40. The lowest BCUT2D eigenvalue weighted by Gasteiger charge is -2.36. The second-order valence-corrected chi connectivity index (χ2v) is 7.67. The first-order valence-electron chi connectivity index (χ1n) is 10.9. The Morgan fingerprint density at radius 3 is 2.33 bits per heavy atom. The van der Waals surface area contributed by atoms with Crippen molar-refractivity contribution in [2.45, 2.75) is 20.0 Å². The molecule has 3 rings (SSSR count). The fourth-order valence-corrected chi connectivity index (χ4v) is 3.73. The first-order chi connectivity index (χ1) is 15.5. The highest BCUT2D eigenvalue weighted by Crippen LogP contribution is 2.25. The zero-order chi connectivity index (χ0) is 22.9. The lowest BCUT2D eigenvalue weighted by molar-refractivity contribution is 0.100. The number of guanidine groups is 1. The summed E-state index contributed by atoms with van der Waals surface area (Å²) in [7, 11) is 3.38. The van der Waals surface area contributed by atoms with Crippen LogP contribution < -0.4 is 20.5 Å². The standard InChI is InChI=1S/C24H33N5O3.HI/c1-4-26-24(27-16-18-5-7-19(8-6-18)23(25)30)29-13-11-28(12-14-29)17-20-15-21(31-2)9-10-22(20)32-3;/h5-10,15H,4,11-14,16-17H2,1-3H3,(H2,25,30)(H,26,27);1H.